The first-order valence-electron chi connectivity index (χ1n) is 7.20. The molecule has 1 aromatic carbocycles. The van der Waals surface area contributed by atoms with E-state index in [0.717, 1.165) is 13.0 Å². The lowest BCUT2D eigenvalue weighted by Crippen LogP contribution is -2.35. The molecule has 0 heterocycles. The fourth-order valence-electron chi connectivity index (χ4n) is 2.03. The van der Waals surface area contributed by atoms with Crippen molar-refractivity contribution in [1.29, 1.82) is 0 Å². The molecule has 0 aliphatic carbocycles. The van der Waals surface area contributed by atoms with Gasteiger partial charge in [-0.15, -0.1) is 0 Å². The SMILES string of the molecule is COC(=O)CCN(CCCN(C)C)C(=O)c1cccc(Cl)c1. The number of hydrogen-bond acceptors (Lipinski definition) is 4. The predicted octanol–water partition coefficient (Wildman–Crippen LogP) is 2.30. The van der Waals surface area contributed by atoms with Crippen LogP contribution in [0.2, 0.25) is 5.02 Å². The van der Waals surface area contributed by atoms with Crippen molar-refractivity contribution in [2.45, 2.75) is 12.8 Å². The molecule has 0 saturated heterocycles. The van der Waals surface area contributed by atoms with E-state index in [-0.39, 0.29) is 18.3 Å². The van der Waals surface area contributed by atoms with Crippen LogP contribution >= 0.6 is 11.6 Å². The van der Waals surface area contributed by atoms with Crippen molar-refractivity contribution in [1.82, 2.24) is 9.80 Å². The van der Waals surface area contributed by atoms with Gasteiger partial charge in [-0.2, -0.15) is 0 Å². The Morgan fingerprint density at radius 2 is 1.91 bits per heavy atom. The number of amides is 1. The van der Waals surface area contributed by atoms with Gasteiger partial charge in [0.15, 0.2) is 0 Å². The zero-order valence-corrected chi connectivity index (χ0v) is 14.1. The lowest BCUT2D eigenvalue weighted by molar-refractivity contribution is -0.140. The molecule has 0 radical (unpaired) electrons. The quantitative estimate of drug-likeness (QED) is 0.688. The van der Waals surface area contributed by atoms with Crippen LogP contribution in [-0.2, 0) is 9.53 Å². The summed E-state index contributed by atoms with van der Waals surface area (Å²) >= 11 is 5.94. The molecule has 0 atom stereocenters. The number of carbonyl (C=O) groups is 2. The molecule has 0 aliphatic rings. The smallest absolute Gasteiger partial charge is 0.307 e. The monoisotopic (exact) mass is 326 g/mol. The topological polar surface area (TPSA) is 49.9 Å². The first-order valence-corrected chi connectivity index (χ1v) is 7.58. The minimum Gasteiger partial charge on any atom is -0.469 e. The van der Waals surface area contributed by atoms with E-state index in [2.05, 4.69) is 9.64 Å². The molecule has 0 unspecified atom stereocenters. The van der Waals surface area contributed by atoms with Gasteiger partial charge in [0.25, 0.3) is 5.91 Å². The summed E-state index contributed by atoms with van der Waals surface area (Å²) in [6.07, 6.45) is 1.02. The maximum atomic E-state index is 12.6. The highest BCUT2D eigenvalue weighted by molar-refractivity contribution is 6.30. The molecule has 0 saturated carbocycles. The summed E-state index contributed by atoms with van der Waals surface area (Å²) < 4.78 is 4.64. The summed E-state index contributed by atoms with van der Waals surface area (Å²) in [6.45, 7) is 1.80. The molecule has 1 aromatic rings. The third-order valence-electron chi connectivity index (χ3n) is 3.21. The van der Waals surface area contributed by atoms with Gasteiger partial charge in [-0.05, 0) is 45.3 Å². The van der Waals surface area contributed by atoms with E-state index in [1.54, 1.807) is 29.2 Å². The second-order valence-corrected chi connectivity index (χ2v) is 5.72. The Morgan fingerprint density at radius 1 is 1.18 bits per heavy atom. The fourth-order valence-corrected chi connectivity index (χ4v) is 2.22. The standard InChI is InChI=1S/C16H23ClN2O3/c1-18(2)9-5-10-19(11-8-15(20)22-3)16(21)13-6-4-7-14(17)12-13/h4,6-7,12H,5,8-11H2,1-3H3. The molecule has 1 amide bonds. The number of carbonyl (C=O) groups excluding carboxylic acids is 2. The first-order chi connectivity index (χ1) is 10.4. The number of ether oxygens (including phenoxy) is 1. The highest BCUT2D eigenvalue weighted by Crippen LogP contribution is 2.13. The van der Waals surface area contributed by atoms with Crippen LogP contribution in [0.1, 0.15) is 23.2 Å². The zero-order chi connectivity index (χ0) is 16.5. The van der Waals surface area contributed by atoms with Crippen LogP contribution in [0.3, 0.4) is 0 Å². The Morgan fingerprint density at radius 3 is 2.50 bits per heavy atom. The molecule has 0 aromatic heterocycles. The third-order valence-corrected chi connectivity index (χ3v) is 3.44. The number of esters is 1. The average molecular weight is 327 g/mol. The summed E-state index contributed by atoms with van der Waals surface area (Å²) in [4.78, 5) is 27.6. The zero-order valence-electron chi connectivity index (χ0n) is 13.3. The van der Waals surface area contributed by atoms with Crippen LogP contribution in [0, 0.1) is 0 Å². The number of rotatable bonds is 8. The van der Waals surface area contributed by atoms with Crippen molar-refractivity contribution in [2.24, 2.45) is 0 Å². The van der Waals surface area contributed by atoms with Crippen molar-refractivity contribution in [3.05, 3.63) is 34.9 Å². The Labute approximate surface area is 136 Å². The molecule has 5 nitrogen and oxygen atoms in total. The van der Waals surface area contributed by atoms with Crippen LogP contribution in [0.5, 0.6) is 0 Å². The van der Waals surface area contributed by atoms with E-state index in [0.29, 0.717) is 23.7 Å². The van der Waals surface area contributed by atoms with Crippen molar-refractivity contribution in [2.75, 3.05) is 40.8 Å². The number of benzene rings is 1. The Bertz CT molecular complexity index is 506. The summed E-state index contributed by atoms with van der Waals surface area (Å²) in [6, 6.07) is 6.84. The average Bonchev–Trinajstić information content (AvgIpc) is 2.49. The highest BCUT2D eigenvalue weighted by Gasteiger charge is 2.17. The van der Waals surface area contributed by atoms with E-state index < -0.39 is 0 Å². The van der Waals surface area contributed by atoms with Gasteiger partial charge in [0.1, 0.15) is 0 Å². The van der Waals surface area contributed by atoms with E-state index in [1.807, 2.05) is 14.1 Å². The van der Waals surface area contributed by atoms with Gasteiger partial charge in [0.2, 0.25) is 0 Å². The lowest BCUT2D eigenvalue weighted by atomic mass is 10.2. The van der Waals surface area contributed by atoms with Crippen LogP contribution in [0.25, 0.3) is 0 Å². The summed E-state index contributed by atoms with van der Waals surface area (Å²) in [5.74, 6) is -0.443. The maximum absolute atomic E-state index is 12.6. The summed E-state index contributed by atoms with van der Waals surface area (Å²) in [5, 5.41) is 0.520. The largest absolute Gasteiger partial charge is 0.469 e. The minimum atomic E-state index is -0.323. The Kier molecular flexibility index (Phi) is 7.91. The Balaban J connectivity index is 2.73. The van der Waals surface area contributed by atoms with Crippen LogP contribution in [0.15, 0.2) is 24.3 Å². The van der Waals surface area contributed by atoms with Gasteiger partial charge in [-0.25, -0.2) is 0 Å². The molecule has 0 N–H and O–H groups in total. The molecule has 6 heteroatoms. The lowest BCUT2D eigenvalue weighted by Gasteiger charge is -2.23. The van der Waals surface area contributed by atoms with Crippen LogP contribution in [0.4, 0.5) is 0 Å². The predicted molar refractivity (Wildman–Crippen MR) is 87.2 cm³/mol. The number of methoxy groups -OCH3 is 1. The van der Waals surface area contributed by atoms with Crippen molar-refractivity contribution >= 4 is 23.5 Å². The van der Waals surface area contributed by atoms with E-state index in [4.69, 9.17) is 11.6 Å². The normalized spacial score (nSPS) is 10.6. The molecule has 0 spiro atoms. The molecule has 0 fully saturated rings. The van der Waals surface area contributed by atoms with Gasteiger partial charge >= 0.3 is 5.97 Å². The summed E-state index contributed by atoms with van der Waals surface area (Å²) in [5.41, 5.74) is 0.530. The number of halogens is 1. The van der Waals surface area contributed by atoms with E-state index in [1.165, 1.54) is 7.11 Å². The second-order valence-electron chi connectivity index (χ2n) is 5.29. The molecular formula is C16H23ClN2O3. The van der Waals surface area contributed by atoms with Gasteiger partial charge in [0, 0.05) is 23.7 Å². The second kappa shape index (κ2) is 9.43. The number of hydrogen-bond donors (Lipinski definition) is 0. The van der Waals surface area contributed by atoms with Gasteiger partial charge < -0.3 is 14.5 Å². The number of nitrogens with zero attached hydrogens (tertiary/aromatic N) is 2. The maximum Gasteiger partial charge on any atom is 0.307 e. The van der Waals surface area contributed by atoms with Crippen LogP contribution < -0.4 is 0 Å². The third kappa shape index (κ3) is 6.45. The van der Waals surface area contributed by atoms with Gasteiger partial charge in [-0.3, -0.25) is 9.59 Å². The van der Waals surface area contributed by atoms with Gasteiger partial charge in [0.05, 0.1) is 13.5 Å². The van der Waals surface area contributed by atoms with Crippen molar-refractivity contribution in [3.8, 4) is 0 Å². The molecule has 1 rings (SSSR count). The fraction of sp³-hybridized carbons (Fsp3) is 0.500. The highest BCUT2D eigenvalue weighted by atomic mass is 35.5. The molecule has 0 bridgehead atoms. The van der Waals surface area contributed by atoms with E-state index in [9.17, 15) is 9.59 Å². The van der Waals surface area contributed by atoms with Crippen LogP contribution in [-0.4, -0.2) is 62.5 Å². The summed E-state index contributed by atoms with van der Waals surface area (Å²) in [7, 11) is 5.31. The van der Waals surface area contributed by atoms with E-state index >= 15 is 0 Å². The van der Waals surface area contributed by atoms with Crippen molar-refractivity contribution in [3.63, 3.8) is 0 Å². The minimum absolute atomic E-state index is 0.120. The molecule has 122 valence electrons. The molecular weight excluding hydrogens is 304 g/mol. The first kappa shape index (κ1) is 18.5. The van der Waals surface area contributed by atoms with Crippen molar-refractivity contribution < 1.29 is 14.3 Å². The Hall–Kier alpha value is -1.59. The molecule has 22 heavy (non-hydrogen) atoms. The van der Waals surface area contributed by atoms with Gasteiger partial charge in [-0.1, -0.05) is 17.7 Å². The molecule has 0 aliphatic heterocycles.